The monoisotopic (exact) mass is 314 g/mol. The van der Waals surface area contributed by atoms with Gasteiger partial charge in [-0.3, -0.25) is 0 Å². The van der Waals surface area contributed by atoms with E-state index in [1.165, 1.54) is 0 Å². The lowest BCUT2D eigenvalue weighted by atomic mass is 10.1. The molecule has 0 radical (unpaired) electrons. The topological polar surface area (TPSA) is 66.0 Å². The van der Waals surface area contributed by atoms with Crippen molar-refractivity contribution < 1.29 is 4.74 Å². The smallest absolute Gasteiger partial charge is 0.119 e. The van der Waals surface area contributed by atoms with Crippen LogP contribution in [0.15, 0.2) is 48.5 Å². The molecule has 0 unspecified atom stereocenters. The van der Waals surface area contributed by atoms with Crippen LogP contribution in [-0.2, 0) is 6.54 Å². The lowest BCUT2D eigenvalue weighted by molar-refractivity contribution is 0.414. The third kappa shape index (κ3) is 2.68. The van der Waals surface area contributed by atoms with Crippen molar-refractivity contribution in [2.75, 3.05) is 7.11 Å². The second-order valence-corrected chi connectivity index (χ2v) is 5.15. The first-order chi connectivity index (χ1) is 10.7. The molecule has 0 saturated heterocycles. The zero-order valence-corrected chi connectivity index (χ0v) is 12.8. The first-order valence-electron chi connectivity index (χ1n) is 6.78. The summed E-state index contributed by atoms with van der Waals surface area (Å²) < 4.78 is 6.94. The molecule has 0 amide bonds. The van der Waals surface area contributed by atoms with E-state index in [1.807, 2.05) is 48.5 Å². The van der Waals surface area contributed by atoms with Crippen molar-refractivity contribution in [2.24, 2.45) is 5.73 Å². The fourth-order valence-corrected chi connectivity index (χ4v) is 2.47. The highest BCUT2D eigenvalue weighted by Gasteiger charge is 2.15. The molecule has 0 spiro atoms. The Labute approximate surface area is 133 Å². The molecule has 1 aromatic heterocycles. The van der Waals surface area contributed by atoms with Crippen LogP contribution in [-0.4, -0.2) is 22.1 Å². The van der Waals surface area contributed by atoms with E-state index >= 15 is 0 Å². The van der Waals surface area contributed by atoms with E-state index in [-0.39, 0.29) is 0 Å². The molecule has 0 fully saturated rings. The summed E-state index contributed by atoms with van der Waals surface area (Å²) >= 11 is 6.10. The first-order valence-corrected chi connectivity index (χ1v) is 7.15. The molecule has 0 saturated carbocycles. The average Bonchev–Trinajstić information content (AvgIpc) is 2.99. The Hall–Kier alpha value is -2.37. The van der Waals surface area contributed by atoms with E-state index in [4.69, 9.17) is 22.1 Å². The molecular formula is C16H15ClN4O. The Morgan fingerprint density at radius 1 is 1.18 bits per heavy atom. The van der Waals surface area contributed by atoms with Crippen molar-refractivity contribution in [2.45, 2.75) is 6.54 Å². The van der Waals surface area contributed by atoms with Crippen molar-refractivity contribution >= 4 is 11.6 Å². The molecule has 0 aliphatic rings. The number of hydrogen-bond donors (Lipinski definition) is 1. The lowest BCUT2D eigenvalue weighted by Crippen LogP contribution is -2.02. The molecular weight excluding hydrogens is 300 g/mol. The van der Waals surface area contributed by atoms with Crippen molar-refractivity contribution in [3.8, 4) is 22.7 Å². The molecule has 5 nitrogen and oxygen atoms in total. The quantitative estimate of drug-likeness (QED) is 0.803. The van der Waals surface area contributed by atoms with Crippen LogP contribution in [0.1, 0.15) is 5.69 Å². The number of ether oxygens (including phenoxy) is 1. The summed E-state index contributed by atoms with van der Waals surface area (Å²) in [5, 5.41) is 9.05. The highest BCUT2D eigenvalue weighted by atomic mass is 35.5. The number of benzene rings is 2. The summed E-state index contributed by atoms with van der Waals surface area (Å²) in [6, 6.07) is 15.1. The number of methoxy groups -OCH3 is 1. The fraction of sp³-hybridized carbons (Fsp3) is 0.125. The van der Waals surface area contributed by atoms with Crippen LogP contribution in [0, 0.1) is 0 Å². The predicted octanol–water partition coefficient (Wildman–Crippen LogP) is 3.06. The highest BCUT2D eigenvalue weighted by molar-refractivity contribution is 6.30. The zero-order valence-electron chi connectivity index (χ0n) is 12.0. The lowest BCUT2D eigenvalue weighted by Gasteiger charge is -2.09. The van der Waals surface area contributed by atoms with Gasteiger partial charge in [-0.1, -0.05) is 28.9 Å². The van der Waals surface area contributed by atoms with E-state index in [0.29, 0.717) is 11.6 Å². The Bertz CT molecular complexity index is 783. The fourth-order valence-electron chi connectivity index (χ4n) is 2.28. The summed E-state index contributed by atoms with van der Waals surface area (Å²) in [7, 11) is 1.63. The van der Waals surface area contributed by atoms with E-state index in [9.17, 15) is 0 Å². The van der Waals surface area contributed by atoms with Crippen molar-refractivity contribution in [1.29, 1.82) is 0 Å². The minimum atomic E-state index is 0.304. The summed E-state index contributed by atoms with van der Waals surface area (Å²) in [6.07, 6.45) is 0. The second-order valence-electron chi connectivity index (χ2n) is 4.71. The predicted molar refractivity (Wildman–Crippen MR) is 86.2 cm³/mol. The van der Waals surface area contributed by atoms with E-state index in [2.05, 4.69) is 10.3 Å². The van der Waals surface area contributed by atoms with Crippen molar-refractivity contribution in [3.05, 3.63) is 59.2 Å². The van der Waals surface area contributed by atoms with Crippen molar-refractivity contribution in [1.82, 2.24) is 15.0 Å². The number of rotatable bonds is 4. The third-order valence-electron chi connectivity index (χ3n) is 3.35. The Morgan fingerprint density at radius 2 is 1.95 bits per heavy atom. The van der Waals surface area contributed by atoms with Gasteiger partial charge >= 0.3 is 0 Å². The maximum Gasteiger partial charge on any atom is 0.119 e. The molecule has 0 bridgehead atoms. The van der Waals surface area contributed by atoms with E-state index in [1.54, 1.807) is 11.8 Å². The number of halogens is 1. The van der Waals surface area contributed by atoms with Crippen LogP contribution in [0.5, 0.6) is 5.75 Å². The Balaban J connectivity index is 2.14. The molecule has 6 heteroatoms. The molecule has 3 rings (SSSR count). The standard InChI is InChI=1S/C16H15ClN4O/c1-22-14-7-5-13(6-8-14)21-16(15(10-18)19-20-21)11-3-2-4-12(17)9-11/h2-9H,10,18H2,1H3. The van der Waals surface area contributed by atoms with Gasteiger partial charge in [-0.25, -0.2) is 4.68 Å². The first kappa shape index (κ1) is 14.6. The van der Waals surface area contributed by atoms with Gasteiger partial charge in [0.1, 0.15) is 11.4 Å². The van der Waals surface area contributed by atoms with Gasteiger partial charge in [-0.2, -0.15) is 0 Å². The maximum atomic E-state index is 6.10. The highest BCUT2D eigenvalue weighted by Crippen LogP contribution is 2.27. The summed E-state index contributed by atoms with van der Waals surface area (Å²) in [5.41, 5.74) is 9.16. The van der Waals surface area contributed by atoms with Gasteiger partial charge in [0, 0.05) is 17.1 Å². The normalized spacial score (nSPS) is 10.7. The summed E-state index contributed by atoms with van der Waals surface area (Å²) in [5.74, 6) is 0.784. The van der Waals surface area contributed by atoms with Gasteiger partial charge < -0.3 is 10.5 Å². The second kappa shape index (κ2) is 6.17. The third-order valence-corrected chi connectivity index (χ3v) is 3.58. The van der Waals surface area contributed by atoms with E-state index < -0.39 is 0 Å². The van der Waals surface area contributed by atoms with E-state index in [0.717, 1.165) is 28.4 Å². The van der Waals surface area contributed by atoms with Crippen LogP contribution < -0.4 is 10.5 Å². The maximum absolute atomic E-state index is 6.10. The van der Waals surface area contributed by atoms with Crippen LogP contribution in [0.2, 0.25) is 5.02 Å². The SMILES string of the molecule is COc1ccc(-n2nnc(CN)c2-c2cccc(Cl)c2)cc1. The van der Waals surface area contributed by atoms with Gasteiger partial charge in [-0.05, 0) is 36.4 Å². The number of hydrogen-bond acceptors (Lipinski definition) is 4. The summed E-state index contributed by atoms with van der Waals surface area (Å²) in [4.78, 5) is 0. The molecule has 0 aliphatic carbocycles. The van der Waals surface area contributed by atoms with Crippen LogP contribution in [0.4, 0.5) is 0 Å². The van der Waals surface area contributed by atoms with Gasteiger partial charge in [0.15, 0.2) is 0 Å². The zero-order chi connectivity index (χ0) is 15.5. The molecule has 2 N–H and O–H groups in total. The molecule has 2 aromatic carbocycles. The van der Waals surface area contributed by atoms with Gasteiger partial charge in [0.05, 0.1) is 18.5 Å². The van der Waals surface area contributed by atoms with Gasteiger partial charge in [-0.15, -0.1) is 5.10 Å². The number of nitrogens with two attached hydrogens (primary N) is 1. The van der Waals surface area contributed by atoms with Gasteiger partial charge in [0.2, 0.25) is 0 Å². The molecule has 0 aliphatic heterocycles. The summed E-state index contributed by atoms with van der Waals surface area (Å²) in [6.45, 7) is 0.304. The average molecular weight is 315 g/mol. The Kier molecular flexibility index (Phi) is 4.09. The van der Waals surface area contributed by atoms with Crippen LogP contribution >= 0.6 is 11.6 Å². The van der Waals surface area contributed by atoms with Gasteiger partial charge in [0.25, 0.3) is 0 Å². The number of aromatic nitrogens is 3. The molecule has 112 valence electrons. The minimum absolute atomic E-state index is 0.304. The van der Waals surface area contributed by atoms with Crippen LogP contribution in [0.3, 0.4) is 0 Å². The van der Waals surface area contributed by atoms with Crippen molar-refractivity contribution in [3.63, 3.8) is 0 Å². The van der Waals surface area contributed by atoms with Crippen LogP contribution in [0.25, 0.3) is 16.9 Å². The largest absolute Gasteiger partial charge is 0.497 e. The molecule has 0 atom stereocenters. The molecule has 22 heavy (non-hydrogen) atoms. The Morgan fingerprint density at radius 3 is 2.59 bits per heavy atom. The molecule has 1 heterocycles. The minimum Gasteiger partial charge on any atom is -0.497 e. The molecule has 3 aromatic rings. The number of nitrogens with zero attached hydrogens (tertiary/aromatic N) is 3.